The topological polar surface area (TPSA) is 94.7 Å². The van der Waals surface area contributed by atoms with Gasteiger partial charge in [0.2, 0.25) is 5.95 Å². The number of anilines is 1. The van der Waals surface area contributed by atoms with Crippen LogP contribution in [0.3, 0.4) is 0 Å². The number of piperidine rings is 1. The van der Waals surface area contributed by atoms with E-state index in [4.69, 9.17) is 0 Å². The Hall–Kier alpha value is -2.96. The summed E-state index contributed by atoms with van der Waals surface area (Å²) >= 11 is 0. The quantitative estimate of drug-likeness (QED) is 0.747. The summed E-state index contributed by atoms with van der Waals surface area (Å²) in [6.07, 6.45) is 4.60. The molecule has 1 aliphatic rings. The third-order valence-corrected chi connectivity index (χ3v) is 4.10. The summed E-state index contributed by atoms with van der Waals surface area (Å²) in [4.78, 5) is 39.2. The summed E-state index contributed by atoms with van der Waals surface area (Å²) in [7, 11) is 0. The molecular weight excluding hydrogens is 294 g/mol. The highest BCUT2D eigenvalue weighted by atomic mass is 16.1. The Labute approximate surface area is 131 Å². The second kappa shape index (κ2) is 5.35. The van der Waals surface area contributed by atoms with Crippen LogP contribution < -0.4 is 10.6 Å². The number of rotatable bonds is 2. The lowest BCUT2D eigenvalue weighted by atomic mass is 10.1. The molecule has 3 heterocycles. The number of para-hydroxylation sites is 1. The molecule has 2 aromatic heterocycles. The highest BCUT2D eigenvalue weighted by molar-refractivity contribution is 5.91. The van der Waals surface area contributed by atoms with Gasteiger partial charge in [-0.05, 0) is 6.07 Å². The van der Waals surface area contributed by atoms with Crippen molar-refractivity contribution in [2.75, 3.05) is 18.0 Å². The SMILES string of the molecule is O=C1CCN(c2ncc(-c3cccc4[nH]c(=O)[nH]c34)cn2)CC1. The van der Waals surface area contributed by atoms with E-state index in [2.05, 4.69) is 19.9 Å². The summed E-state index contributed by atoms with van der Waals surface area (Å²) in [6, 6.07) is 5.65. The second-order valence-corrected chi connectivity index (χ2v) is 5.60. The molecule has 0 atom stereocenters. The van der Waals surface area contributed by atoms with Crippen molar-refractivity contribution in [1.82, 2.24) is 19.9 Å². The van der Waals surface area contributed by atoms with E-state index in [0.29, 0.717) is 37.7 Å². The Morgan fingerprint density at radius 3 is 2.48 bits per heavy atom. The Morgan fingerprint density at radius 1 is 1.00 bits per heavy atom. The highest BCUT2D eigenvalue weighted by Crippen LogP contribution is 2.25. The molecule has 1 aliphatic heterocycles. The van der Waals surface area contributed by atoms with E-state index < -0.39 is 0 Å². The molecule has 4 rings (SSSR count). The predicted octanol–water partition coefficient (Wildman–Crippen LogP) is 1.48. The molecule has 0 aliphatic carbocycles. The number of H-pyrrole nitrogens is 2. The van der Waals surface area contributed by atoms with Crippen molar-refractivity contribution in [2.24, 2.45) is 0 Å². The standard InChI is InChI=1S/C16H15N5O2/c22-11-4-6-21(7-5-11)15-17-8-10(9-18-15)12-2-1-3-13-14(12)20-16(23)19-13/h1-3,8-9H,4-7H2,(H2,19,20,23). The molecule has 3 aromatic rings. The number of fused-ring (bicyclic) bond motifs is 1. The predicted molar refractivity (Wildman–Crippen MR) is 86.4 cm³/mol. The van der Waals surface area contributed by atoms with Gasteiger partial charge in [0.15, 0.2) is 0 Å². The number of aromatic amines is 2. The summed E-state index contributed by atoms with van der Waals surface area (Å²) in [6.45, 7) is 1.33. The zero-order chi connectivity index (χ0) is 15.8. The first-order valence-corrected chi connectivity index (χ1v) is 7.51. The van der Waals surface area contributed by atoms with Crippen LogP contribution in [0.15, 0.2) is 35.4 Å². The lowest BCUT2D eigenvalue weighted by Crippen LogP contribution is -2.34. The fourth-order valence-corrected chi connectivity index (χ4v) is 2.88. The van der Waals surface area contributed by atoms with E-state index in [1.54, 1.807) is 12.4 Å². The van der Waals surface area contributed by atoms with Gasteiger partial charge >= 0.3 is 5.69 Å². The van der Waals surface area contributed by atoms with Crippen molar-refractivity contribution in [1.29, 1.82) is 0 Å². The highest BCUT2D eigenvalue weighted by Gasteiger charge is 2.18. The molecule has 0 unspecified atom stereocenters. The normalized spacial score (nSPS) is 15.3. The molecule has 1 fully saturated rings. The molecular formula is C16H15N5O2. The molecule has 23 heavy (non-hydrogen) atoms. The van der Waals surface area contributed by atoms with E-state index in [1.807, 2.05) is 23.1 Å². The fraction of sp³-hybridized carbons (Fsp3) is 0.250. The minimum atomic E-state index is -0.233. The number of carbonyl (C=O) groups excluding carboxylic acids is 1. The van der Waals surface area contributed by atoms with Crippen LogP contribution in [-0.4, -0.2) is 38.8 Å². The van der Waals surface area contributed by atoms with Crippen molar-refractivity contribution in [3.63, 3.8) is 0 Å². The number of carbonyl (C=O) groups is 1. The van der Waals surface area contributed by atoms with E-state index in [-0.39, 0.29) is 5.69 Å². The van der Waals surface area contributed by atoms with Crippen molar-refractivity contribution in [3.8, 4) is 11.1 Å². The number of Topliss-reactive ketones (excluding diaryl/α,β-unsaturated/α-hetero) is 1. The van der Waals surface area contributed by atoms with Crippen LogP contribution in [0.5, 0.6) is 0 Å². The first kappa shape index (κ1) is 13.7. The van der Waals surface area contributed by atoms with Gasteiger partial charge in [0, 0.05) is 49.5 Å². The van der Waals surface area contributed by atoms with Gasteiger partial charge in [0.1, 0.15) is 5.78 Å². The Bertz CT molecular complexity index is 916. The van der Waals surface area contributed by atoms with Crippen molar-refractivity contribution < 1.29 is 4.79 Å². The van der Waals surface area contributed by atoms with Crippen LogP contribution in [0, 0.1) is 0 Å². The van der Waals surface area contributed by atoms with Gasteiger partial charge < -0.3 is 14.9 Å². The average Bonchev–Trinajstić information content (AvgIpc) is 2.96. The molecule has 7 heteroatoms. The van der Waals surface area contributed by atoms with Crippen LogP contribution >= 0.6 is 0 Å². The van der Waals surface area contributed by atoms with E-state index in [0.717, 1.165) is 22.2 Å². The van der Waals surface area contributed by atoms with Crippen LogP contribution in [-0.2, 0) is 4.79 Å². The maximum absolute atomic E-state index is 11.5. The summed E-state index contributed by atoms with van der Waals surface area (Å²) in [5.41, 5.74) is 2.98. The van der Waals surface area contributed by atoms with Gasteiger partial charge in [-0.2, -0.15) is 0 Å². The monoisotopic (exact) mass is 309 g/mol. The van der Waals surface area contributed by atoms with Gasteiger partial charge in [0.05, 0.1) is 11.0 Å². The van der Waals surface area contributed by atoms with Gasteiger partial charge in [0.25, 0.3) is 0 Å². The fourth-order valence-electron chi connectivity index (χ4n) is 2.88. The minimum absolute atomic E-state index is 0.233. The zero-order valence-electron chi connectivity index (χ0n) is 12.4. The molecule has 2 N–H and O–H groups in total. The van der Waals surface area contributed by atoms with Crippen LogP contribution in [0.1, 0.15) is 12.8 Å². The first-order chi connectivity index (χ1) is 11.2. The number of hydrogen-bond donors (Lipinski definition) is 2. The second-order valence-electron chi connectivity index (χ2n) is 5.60. The number of benzene rings is 1. The molecule has 116 valence electrons. The maximum atomic E-state index is 11.5. The largest absolute Gasteiger partial charge is 0.340 e. The Morgan fingerprint density at radius 2 is 1.74 bits per heavy atom. The Kier molecular flexibility index (Phi) is 3.18. The number of imidazole rings is 1. The van der Waals surface area contributed by atoms with Gasteiger partial charge in [-0.25, -0.2) is 14.8 Å². The van der Waals surface area contributed by atoms with Gasteiger partial charge in [-0.3, -0.25) is 4.79 Å². The number of nitrogens with zero attached hydrogens (tertiary/aromatic N) is 3. The smallest absolute Gasteiger partial charge is 0.323 e. The zero-order valence-corrected chi connectivity index (χ0v) is 12.4. The molecule has 0 bridgehead atoms. The van der Waals surface area contributed by atoms with E-state index in [9.17, 15) is 9.59 Å². The van der Waals surface area contributed by atoms with E-state index >= 15 is 0 Å². The number of ketones is 1. The molecule has 7 nitrogen and oxygen atoms in total. The van der Waals surface area contributed by atoms with Crippen LogP contribution in [0.25, 0.3) is 22.2 Å². The van der Waals surface area contributed by atoms with Crippen LogP contribution in [0.4, 0.5) is 5.95 Å². The Balaban J connectivity index is 1.67. The number of hydrogen-bond acceptors (Lipinski definition) is 5. The lowest BCUT2D eigenvalue weighted by Gasteiger charge is -2.25. The molecule has 0 spiro atoms. The molecule has 0 radical (unpaired) electrons. The summed E-state index contributed by atoms with van der Waals surface area (Å²) < 4.78 is 0. The van der Waals surface area contributed by atoms with Crippen molar-refractivity contribution in [3.05, 3.63) is 41.1 Å². The van der Waals surface area contributed by atoms with Crippen LogP contribution in [0.2, 0.25) is 0 Å². The number of nitrogens with one attached hydrogen (secondary N) is 2. The molecule has 0 amide bonds. The summed E-state index contributed by atoms with van der Waals surface area (Å²) in [5, 5.41) is 0. The third kappa shape index (κ3) is 2.50. The number of aromatic nitrogens is 4. The summed E-state index contributed by atoms with van der Waals surface area (Å²) in [5.74, 6) is 0.928. The molecule has 0 saturated carbocycles. The first-order valence-electron chi connectivity index (χ1n) is 7.51. The lowest BCUT2D eigenvalue weighted by molar-refractivity contribution is -0.119. The molecule has 1 saturated heterocycles. The van der Waals surface area contributed by atoms with Crippen molar-refractivity contribution >= 4 is 22.8 Å². The molecule has 1 aromatic carbocycles. The van der Waals surface area contributed by atoms with Gasteiger partial charge in [-0.15, -0.1) is 0 Å². The third-order valence-electron chi connectivity index (χ3n) is 4.10. The van der Waals surface area contributed by atoms with Crippen molar-refractivity contribution in [2.45, 2.75) is 12.8 Å². The average molecular weight is 309 g/mol. The van der Waals surface area contributed by atoms with E-state index in [1.165, 1.54) is 0 Å². The maximum Gasteiger partial charge on any atom is 0.323 e. The minimum Gasteiger partial charge on any atom is -0.340 e. The van der Waals surface area contributed by atoms with Gasteiger partial charge in [-0.1, -0.05) is 12.1 Å².